The van der Waals surface area contributed by atoms with E-state index in [1.165, 1.54) is 0 Å². The lowest BCUT2D eigenvalue weighted by atomic mass is 9.74. The largest absolute Gasteiger partial charge is 0.325 e. The number of benzene rings is 1. The van der Waals surface area contributed by atoms with E-state index in [1.54, 1.807) is 45.9 Å². The van der Waals surface area contributed by atoms with E-state index in [-0.39, 0.29) is 5.91 Å². The maximum atomic E-state index is 12.3. The number of amides is 1. The van der Waals surface area contributed by atoms with E-state index >= 15 is 0 Å². The first kappa shape index (κ1) is 15.3. The molecule has 5 heteroatoms. The number of nitrogens with two attached hydrogens (primary N) is 1. The van der Waals surface area contributed by atoms with Gasteiger partial charge in [0.25, 0.3) is 0 Å². The van der Waals surface area contributed by atoms with Crippen molar-refractivity contribution in [3.05, 3.63) is 28.2 Å². The highest BCUT2D eigenvalue weighted by molar-refractivity contribution is 6.39. The lowest BCUT2D eigenvalue weighted by molar-refractivity contribution is -0.126. The molecule has 0 aliphatic rings. The third-order valence-electron chi connectivity index (χ3n) is 3.38. The van der Waals surface area contributed by atoms with Gasteiger partial charge in [-0.3, -0.25) is 4.79 Å². The molecule has 100 valence electrons. The first-order chi connectivity index (χ1) is 8.07. The van der Waals surface area contributed by atoms with E-state index in [1.807, 2.05) is 0 Å². The summed E-state index contributed by atoms with van der Waals surface area (Å²) in [5.74, 6) is -0.218. The molecule has 0 radical (unpaired) electrons. The van der Waals surface area contributed by atoms with Crippen LogP contribution >= 0.6 is 23.2 Å². The van der Waals surface area contributed by atoms with E-state index in [2.05, 4.69) is 5.32 Å². The van der Waals surface area contributed by atoms with Gasteiger partial charge < -0.3 is 11.1 Å². The minimum atomic E-state index is -0.754. The lowest BCUT2D eigenvalue weighted by Gasteiger charge is -2.37. The Bertz CT molecular complexity index is 444. The Morgan fingerprint density at radius 2 is 1.61 bits per heavy atom. The summed E-state index contributed by atoms with van der Waals surface area (Å²) in [4.78, 5) is 12.3. The SMILES string of the molecule is CC(C)(N)C(C)(C)C(=O)Nc1c(Cl)cccc1Cl. The fourth-order valence-corrected chi connectivity index (χ4v) is 1.67. The van der Waals surface area contributed by atoms with Crippen LogP contribution in [0, 0.1) is 5.41 Å². The third kappa shape index (κ3) is 2.97. The van der Waals surface area contributed by atoms with Gasteiger partial charge in [0.05, 0.1) is 21.1 Å². The molecule has 1 aromatic rings. The molecule has 0 aliphatic heterocycles. The molecule has 0 aliphatic carbocycles. The van der Waals surface area contributed by atoms with Crippen LogP contribution in [0.25, 0.3) is 0 Å². The Morgan fingerprint density at radius 1 is 1.17 bits per heavy atom. The number of hydrogen-bond acceptors (Lipinski definition) is 2. The summed E-state index contributed by atoms with van der Waals surface area (Å²) in [6.45, 7) is 7.18. The third-order valence-corrected chi connectivity index (χ3v) is 4.01. The van der Waals surface area contributed by atoms with Gasteiger partial charge in [-0.1, -0.05) is 29.3 Å². The van der Waals surface area contributed by atoms with Crippen molar-refractivity contribution in [1.29, 1.82) is 0 Å². The molecule has 0 spiro atoms. The quantitative estimate of drug-likeness (QED) is 0.891. The number of carbonyl (C=O) groups excluding carboxylic acids is 1. The van der Waals surface area contributed by atoms with E-state index in [4.69, 9.17) is 28.9 Å². The maximum absolute atomic E-state index is 12.3. The number of anilines is 1. The van der Waals surface area contributed by atoms with Crippen LogP contribution < -0.4 is 11.1 Å². The van der Waals surface area contributed by atoms with Gasteiger partial charge in [0.2, 0.25) is 5.91 Å². The van der Waals surface area contributed by atoms with Gasteiger partial charge in [-0.05, 0) is 39.8 Å². The molecule has 3 N–H and O–H groups in total. The van der Waals surface area contributed by atoms with Crippen LogP contribution in [0.1, 0.15) is 27.7 Å². The Hall–Kier alpha value is -0.770. The molecule has 0 fully saturated rings. The summed E-state index contributed by atoms with van der Waals surface area (Å²) in [6.07, 6.45) is 0. The van der Waals surface area contributed by atoms with Crippen molar-refractivity contribution in [2.24, 2.45) is 11.1 Å². The van der Waals surface area contributed by atoms with Gasteiger partial charge in [-0.15, -0.1) is 0 Å². The van der Waals surface area contributed by atoms with Crippen LogP contribution in [0.5, 0.6) is 0 Å². The van der Waals surface area contributed by atoms with E-state index < -0.39 is 11.0 Å². The predicted molar refractivity (Wildman–Crippen MR) is 77.1 cm³/mol. The van der Waals surface area contributed by atoms with E-state index in [9.17, 15) is 4.79 Å². The van der Waals surface area contributed by atoms with Crippen LogP contribution in [0.15, 0.2) is 18.2 Å². The number of carbonyl (C=O) groups is 1. The minimum Gasteiger partial charge on any atom is -0.325 e. The molecule has 3 nitrogen and oxygen atoms in total. The van der Waals surface area contributed by atoms with Crippen LogP contribution in [0.2, 0.25) is 10.0 Å². The Kier molecular flexibility index (Phi) is 4.31. The standard InChI is InChI=1S/C13H18Cl2N2O/c1-12(2,13(3,4)16)11(18)17-10-8(14)6-5-7-9(10)15/h5-7H,16H2,1-4H3,(H,17,18). The predicted octanol–water partition coefficient (Wildman–Crippen LogP) is 3.70. The molecule has 18 heavy (non-hydrogen) atoms. The zero-order chi connectivity index (χ0) is 14.1. The van der Waals surface area contributed by atoms with Crippen molar-refractivity contribution in [2.75, 3.05) is 5.32 Å². The summed E-state index contributed by atoms with van der Waals surface area (Å²) in [6, 6.07) is 5.06. The molecule has 1 rings (SSSR count). The molecule has 0 aromatic heterocycles. The van der Waals surface area contributed by atoms with Crippen molar-refractivity contribution in [3.63, 3.8) is 0 Å². The molecule has 1 aromatic carbocycles. The molecule has 0 unspecified atom stereocenters. The van der Waals surface area contributed by atoms with Crippen molar-refractivity contribution < 1.29 is 4.79 Å². The second kappa shape index (κ2) is 5.08. The highest BCUT2D eigenvalue weighted by Crippen LogP contribution is 2.34. The van der Waals surface area contributed by atoms with Crippen molar-refractivity contribution in [2.45, 2.75) is 33.2 Å². The van der Waals surface area contributed by atoms with E-state index in [0.717, 1.165) is 0 Å². The molecule has 0 bridgehead atoms. The molecular weight excluding hydrogens is 271 g/mol. The Morgan fingerprint density at radius 3 is 2.00 bits per heavy atom. The van der Waals surface area contributed by atoms with Gasteiger partial charge in [0.15, 0.2) is 0 Å². The van der Waals surface area contributed by atoms with Crippen molar-refractivity contribution in [3.8, 4) is 0 Å². The topological polar surface area (TPSA) is 55.1 Å². The highest BCUT2D eigenvalue weighted by atomic mass is 35.5. The van der Waals surface area contributed by atoms with Gasteiger partial charge >= 0.3 is 0 Å². The average Bonchev–Trinajstić information content (AvgIpc) is 2.21. The highest BCUT2D eigenvalue weighted by Gasteiger charge is 2.40. The summed E-state index contributed by atoms with van der Waals surface area (Å²) in [5, 5.41) is 3.55. The molecule has 0 saturated carbocycles. The minimum absolute atomic E-state index is 0.218. The average molecular weight is 289 g/mol. The summed E-state index contributed by atoms with van der Waals surface area (Å²) >= 11 is 12.0. The second-order valence-corrected chi connectivity index (χ2v) is 6.21. The number of hydrogen-bond donors (Lipinski definition) is 2. The van der Waals surface area contributed by atoms with Gasteiger partial charge in [0, 0.05) is 5.54 Å². The Labute approximate surface area is 118 Å². The van der Waals surface area contributed by atoms with Gasteiger partial charge in [-0.25, -0.2) is 0 Å². The van der Waals surface area contributed by atoms with Crippen LogP contribution in [-0.4, -0.2) is 11.4 Å². The van der Waals surface area contributed by atoms with E-state index in [0.29, 0.717) is 15.7 Å². The molecule has 1 amide bonds. The first-order valence-electron chi connectivity index (χ1n) is 5.61. The van der Waals surface area contributed by atoms with Gasteiger partial charge in [-0.2, -0.15) is 0 Å². The summed E-state index contributed by atoms with van der Waals surface area (Å²) < 4.78 is 0. The molecule has 0 atom stereocenters. The number of rotatable bonds is 3. The van der Waals surface area contributed by atoms with Gasteiger partial charge in [0.1, 0.15) is 0 Å². The monoisotopic (exact) mass is 288 g/mol. The van der Waals surface area contributed by atoms with Crippen molar-refractivity contribution >= 4 is 34.8 Å². The zero-order valence-electron chi connectivity index (χ0n) is 11.0. The molecular formula is C13H18Cl2N2O. The Balaban J connectivity index is 3.03. The van der Waals surface area contributed by atoms with Crippen LogP contribution in [0.4, 0.5) is 5.69 Å². The lowest BCUT2D eigenvalue weighted by Crippen LogP contribution is -2.53. The number of para-hydroxylation sites is 1. The van der Waals surface area contributed by atoms with Crippen molar-refractivity contribution in [1.82, 2.24) is 0 Å². The smallest absolute Gasteiger partial charge is 0.231 e. The fourth-order valence-electron chi connectivity index (χ4n) is 1.18. The second-order valence-electron chi connectivity index (χ2n) is 5.40. The zero-order valence-corrected chi connectivity index (χ0v) is 12.5. The molecule has 0 heterocycles. The molecule has 0 saturated heterocycles. The van der Waals surface area contributed by atoms with Crippen LogP contribution in [-0.2, 0) is 4.79 Å². The number of halogens is 2. The summed E-state index contributed by atoms with van der Waals surface area (Å²) in [7, 11) is 0. The number of nitrogens with one attached hydrogen (secondary N) is 1. The summed E-state index contributed by atoms with van der Waals surface area (Å²) in [5.41, 5.74) is 5.02. The first-order valence-corrected chi connectivity index (χ1v) is 6.37. The normalized spacial score (nSPS) is 12.4. The fraction of sp³-hybridized carbons (Fsp3) is 0.462. The van der Waals surface area contributed by atoms with Crippen LogP contribution in [0.3, 0.4) is 0 Å². The maximum Gasteiger partial charge on any atom is 0.231 e.